The minimum absolute atomic E-state index is 0.190. The first-order valence-corrected chi connectivity index (χ1v) is 10.6. The van der Waals surface area contributed by atoms with Crippen molar-refractivity contribution in [2.75, 3.05) is 25.0 Å². The lowest BCUT2D eigenvalue weighted by molar-refractivity contribution is 0.102. The molecular weight excluding hydrogens is 362 g/mol. The second-order valence-electron chi connectivity index (χ2n) is 6.05. The summed E-state index contributed by atoms with van der Waals surface area (Å²) in [5.74, 6) is -0.276. The summed E-state index contributed by atoms with van der Waals surface area (Å²) in [6.07, 6.45) is 0. The molecule has 0 radical (unpaired) electrons. The highest BCUT2D eigenvalue weighted by atomic mass is 32.2. The molecule has 0 aromatic heterocycles. The Morgan fingerprint density at radius 3 is 2.26 bits per heavy atom. The highest BCUT2D eigenvalue weighted by molar-refractivity contribution is 7.89. The molecule has 0 saturated carbocycles. The normalized spacial score (nSPS) is 11.6. The molecule has 2 aromatic rings. The number of rotatable bonds is 9. The van der Waals surface area contributed by atoms with Crippen LogP contribution >= 0.6 is 0 Å². The predicted molar refractivity (Wildman–Crippen MR) is 108 cm³/mol. The monoisotopic (exact) mass is 389 g/mol. The lowest BCUT2D eigenvalue weighted by Gasteiger charge is -2.18. The summed E-state index contributed by atoms with van der Waals surface area (Å²) in [5.41, 5.74) is 2.19. The van der Waals surface area contributed by atoms with Gasteiger partial charge in [-0.1, -0.05) is 32.9 Å². The molecule has 0 aliphatic heterocycles. The number of sulfonamides is 1. The molecule has 7 heteroatoms. The first kappa shape index (κ1) is 21.1. The fraction of sp³-hybridized carbons (Fsp3) is 0.350. The van der Waals surface area contributed by atoms with Gasteiger partial charge >= 0.3 is 0 Å². The molecule has 0 unspecified atom stereocenters. The van der Waals surface area contributed by atoms with Gasteiger partial charge in [0.25, 0.3) is 5.91 Å². The van der Waals surface area contributed by atoms with Crippen molar-refractivity contribution >= 4 is 21.6 Å². The number of amides is 1. The van der Waals surface area contributed by atoms with Gasteiger partial charge < -0.3 is 10.6 Å². The molecule has 146 valence electrons. The number of benzene rings is 2. The molecule has 0 aliphatic rings. The number of carbonyl (C=O) groups excluding carboxylic acids is 1. The summed E-state index contributed by atoms with van der Waals surface area (Å²) >= 11 is 0. The van der Waals surface area contributed by atoms with Crippen LogP contribution in [-0.2, 0) is 16.6 Å². The fourth-order valence-corrected chi connectivity index (χ4v) is 4.18. The topological polar surface area (TPSA) is 78.5 Å². The van der Waals surface area contributed by atoms with Crippen LogP contribution in [-0.4, -0.2) is 38.3 Å². The lowest BCUT2D eigenvalue weighted by Crippen LogP contribution is -2.30. The van der Waals surface area contributed by atoms with E-state index in [1.54, 1.807) is 13.8 Å². The second kappa shape index (κ2) is 9.64. The van der Waals surface area contributed by atoms with Crippen molar-refractivity contribution in [3.63, 3.8) is 0 Å². The van der Waals surface area contributed by atoms with Crippen LogP contribution in [0.3, 0.4) is 0 Å². The molecular formula is C20H27N3O3S. The standard InChI is InChI=1S/C20H27N3O3S/c1-4-21-15-16-8-7-9-18(14-16)22-20(24)17-10-12-19(13-11-17)27(25,26)23(5-2)6-3/h7-14,21H,4-6,15H2,1-3H3,(H,22,24). The highest BCUT2D eigenvalue weighted by Gasteiger charge is 2.21. The summed E-state index contributed by atoms with van der Waals surface area (Å²) in [7, 11) is -3.52. The largest absolute Gasteiger partial charge is 0.322 e. The van der Waals surface area contributed by atoms with Gasteiger partial charge in [0.15, 0.2) is 0 Å². The summed E-state index contributed by atoms with van der Waals surface area (Å²) in [6, 6.07) is 13.6. The Morgan fingerprint density at radius 1 is 1.00 bits per heavy atom. The Labute approximate surface area is 161 Å². The van der Waals surface area contributed by atoms with Gasteiger partial charge in [0.2, 0.25) is 10.0 Å². The van der Waals surface area contributed by atoms with Gasteiger partial charge in [-0.2, -0.15) is 4.31 Å². The van der Waals surface area contributed by atoms with E-state index in [1.807, 2.05) is 31.2 Å². The molecule has 27 heavy (non-hydrogen) atoms. The van der Waals surface area contributed by atoms with E-state index in [2.05, 4.69) is 10.6 Å². The number of carbonyl (C=O) groups is 1. The third-order valence-electron chi connectivity index (χ3n) is 4.22. The molecule has 2 aromatic carbocycles. The van der Waals surface area contributed by atoms with Crippen molar-refractivity contribution in [3.05, 3.63) is 59.7 Å². The number of hydrogen-bond donors (Lipinski definition) is 2. The van der Waals surface area contributed by atoms with Crippen molar-refractivity contribution in [2.24, 2.45) is 0 Å². The molecule has 0 fully saturated rings. The minimum Gasteiger partial charge on any atom is -0.322 e. The van der Waals surface area contributed by atoms with E-state index in [4.69, 9.17) is 0 Å². The molecule has 0 spiro atoms. The average Bonchev–Trinajstić information content (AvgIpc) is 2.67. The van der Waals surface area contributed by atoms with Crippen LogP contribution in [0.15, 0.2) is 53.4 Å². The van der Waals surface area contributed by atoms with Crippen LogP contribution in [0, 0.1) is 0 Å². The van der Waals surface area contributed by atoms with Gasteiger partial charge in [-0.15, -0.1) is 0 Å². The Bertz CT molecular complexity index is 860. The van der Waals surface area contributed by atoms with Gasteiger partial charge in [0, 0.05) is 30.9 Å². The molecule has 6 nitrogen and oxygen atoms in total. The molecule has 2 N–H and O–H groups in total. The Hall–Kier alpha value is -2.22. The summed E-state index contributed by atoms with van der Waals surface area (Å²) in [6.45, 7) is 8.06. The maximum Gasteiger partial charge on any atom is 0.255 e. The van der Waals surface area contributed by atoms with E-state index < -0.39 is 10.0 Å². The number of nitrogens with zero attached hydrogens (tertiary/aromatic N) is 1. The van der Waals surface area contributed by atoms with Crippen LogP contribution in [0.4, 0.5) is 5.69 Å². The van der Waals surface area contributed by atoms with E-state index in [-0.39, 0.29) is 10.8 Å². The van der Waals surface area contributed by atoms with Crippen LogP contribution in [0.5, 0.6) is 0 Å². The number of hydrogen-bond acceptors (Lipinski definition) is 4. The summed E-state index contributed by atoms with van der Waals surface area (Å²) in [4.78, 5) is 12.7. The Kier molecular flexibility index (Phi) is 7.53. The SMILES string of the molecule is CCNCc1cccc(NC(=O)c2ccc(S(=O)(=O)N(CC)CC)cc2)c1. The van der Waals surface area contributed by atoms with E-state index in [0.29, 0.717) is 24.3 Å². The zero-order valence-electron chi connectivity index (χ0n) is 16.0. The maximum absolute atomic E-state index is 12.5. The Balaban J connectivity index is 2.12. The van der Waals surface area contributed by atoms with Gasteiger partial charge in [0.05, 0.1) is 4.90 Å². The molecule has 2 rings (SSSR count). The predicted octanol–water partition coefficient (Wildman–Crippen LogP) is 3.08. The van der Waals surface area contributed by atoms with Crippen molar-refractivity contribution in [1.82, 2.24) is 9.62 Å². The third kappa shape index (κ3) is 5.38. The fourth-order valence-electron chi connectivity index (χ4n) is 2.72. The zero-order valence-corrected chi connectivity index (χ0v) is 16.8. The van der Waals surface area contributed by atoms with E-state index >= 15 is 0 Å². The van der Waals surface area contributed by atoms with Gasteiger partial charge in [-0.3, -0.25) is 4.79 Å². The van der Waals surface area contributed by atoms with E-state index in [1.165, 1.54) is 28.6 Å². The molecule has 0 atom stereocenters. The smallest absolute Gasteiger partial charge is 0.255 e. The van der Waals surface area contributed by atoms with Crippen LogP contribution < -0.4 is 10.6 Å². The van der Waals surface area contributed by atoms with Crippen molar-refractivity contribution in [1.29, 1.82) is 0 Å². The van der Waals surface area contributed by atoms with Gasteiger partial charge in [-0.25, -0.2) is 8.42 Å². The van der Waals surface area contributed by atoms with Gasteiger partial charge in [-0.05, 0) is 48.5 Å². The zero-order chi connectivity index (χ0) is 19.9. The first-order valence-electron chi connectivity index (χ1n) is 9.13. The lowest BCUT2D eigenvalue weighted by atomic mass is 10.1. The molecule has 0 heterocycles. The van der Waals surface area contributed by atoms with Gasteiger partial charge in [0.1, 0.15) is 0 Å². The molecule has 0 bridgehead atoms. The molecule has 0 saturated heterocycles. The van der Waals surface area contributed by atoms with Crippen molar-refractivity contribution < 1.29 is 13.2 Å². The average molecular weight is 390 g/mol. The Morgan fingerprint density at radius 2 is 1.67 bits per heavy atom. The third-order valence-corrected chi connectivity index (χ3v) is 6.29. The number of nitrogens with one attached hydrogen (secondary N) is 2. The number of anilines is 1. The maximum atomic E-state index is 12.5. The quantitative estimate of drug-likeness (QED) is 0.691. The molecule has 1 amide bonds. The van der Waals surface area contributed by atoms with Crippen LogP contribution in [0.25, 0.3) is 0 Å². The molecule has 0 aliphatic carbocycles. The highest BCUT2D eigenvalue weighted by Crippen LogP contribution is 2.17. The minimum atomic E-state index is -3.52. The summed E-state index contributed by atoms with van der Waals surface area (Å²) < 4.78 is 26.4. The summed E-state index contributed by atoms with van der Waals surface area (Å²) in [5, 5.41) is 6.09. The van der Waals surface area contributed by atoms with E-state index in [9.17, 15) is 13.2 Å². The van der Waals surface area contributed by atoms with Crippen molar-refractivity contribution in [2.45, 2.75) is 32.2 Å². The van der Waals surface area contributed by atoms with Crippen LogP contribution in [0.1, 0.15) is 36.7 Å². The first-order chi connectivity index (χ1) is 12.9. The second-order valence-corrected chi connectivity index (χ2v) is 7.99. The van der Waals surface area contributed by atoms with Crippen LogP contribution in [0.2, 0.25) is 0 Å². The van der Waals surface area contributed by atoms with E-state index in [0.717, 1.165) is 18.7 Å². The van der Waals surface area contributed by atoms with Crippen molar-refractivity contribution in [3.8, 4) is 0 Å².